The number of halogens is 1. The highest BCUT2D eigenvalue weighted by atomic mass is 35.5. The largest absolute Gasteiger partial charge is 0.252 e. The lowest BCUT2D eigenvalue weighted by molar-refractivity contribution is 0.389. The van der Waals surface area contributed by atoms with Gasteiger partial charge in [0, 0.05) is 23.8 Å². The Bertz CT molecular complexity index is 649. The summed E-state index contributed by atoms with van der Waals surface area (Å²) in [7, 11) is -1.80. The Kier molecular flexibility index (Phi) is 5.25. The van der Waals surface area contributed by atoms with Crippen molar-refractivity contribution in [1.82, 2.24) is 4.31 Å². The van der Waals surface area contributed by atoms with E-state index in [1.54, 1.807) is 29.8 Å². The quantitative estimate of drug-likeness (QED) is 0.744. The molecule has 0 radical (unpaired) electrons. The molecule has 7 heteroatoms. The molecule has 0 aliphatic rings. The van der Waals surface area contributed by atoms with Crippen molar-refractivity contribution in [1.29, 1.82) is 0 Å². The van der Waals surface area contributed by atoms with Crippen LogP contribution in [0.25, 0.3) is 0 Å². The van der Waals surface area contributed by atoms with Crippen molar-refractivity contribution >= 4 is 44.3 Å². The molecular formula is C13H16ClNO2S3. The summed E-state index contributed by atoms with van der Waals surface area (Å²) in [4.78, 5) is 1.19. The van der Waals surface area contributed by atoms with E-state index in [4.69, 9.17) is 11.6 Å². The molecule has 0 aromatic carbocycles. The fraction of sp³-hybridized carbons (Fsp3) is 0.385. The van der Waals surface area contributed by atoms with E-state index in [-0.39, 0.29) is 6.04 Å². The van der Waals surface area contributed by atoms with Gasteiger partial charge in [0.2, 0.25) is 0 Å². The maximum Gasteiger partial charge on any atom is 0.252 e. The number of alkyl halides is 1. The molecule has 2 aromatic rings. The Morgan fingerprint density at radius 2 is 2.15 bits per heavy atom. The number of thiophene rings is 2. The van der Waals surface area contributed by atoms with Crippen LogP contribution in [-0.4, -0.2) is 25.8 Å². The molecule has 2 heterocycles. The van der Waals surface area contributed by atoms with Crippen molar-refractivity contribution in [3.63, 3.8) is 0 Å². The highest BCUT2D eigenvalue weighted by molar-refractivity contribution is 7.91. The molecule has 1 unspecified atom stereocenters. The normalized spacial score (nSPS) is 13.8. The van der Waals surface area contributed by atoms with Gasteiger partial charge in [-0.3, -0.25) is 0 Å². The van der Waals surface area contributed by atoms with E-state index in [0.717, 1.165) is 12.0 Å². The molecule has 0 aliphatic carbocycles. The van der Waals surface area contributed by atoms with E-state index < -0.39 is 10.0 Å². The number of likely N-dealkylation sites (N-methyl/N-ethyl adjacent to an activating group) is 1. The van der Waals surface area contributed by atoms with Crippen LogP contribution in [-0.2, 0) is 22.3 Å². The van der Waals surface area contributed by atoms with Crippen LogP contribution < -0.4 is 0 Å². The van der Waals surface area contributed by atoms with Crippen LogP contribution in [0.4, 0.5) is 0 Å². The number of rotatable bonds is 6. The van der Waals surface area contributed by atoms with E-state index >= 15 is 0 Å². The Labute approximate surface area is 132 Å². The molecule has 2 rings (SSSR count). The first-order chi connectivity index (χ1) is 9.45. The molecule has 3 nitrogen and oxygen atoms in total. The van der Waals surface area contributed by atoms with Gasteiger partial charge in [0.1, 0.15) is 4.21 Å². The standard InChI is InChI=1S/C13H16ClNO2S3/c1-10(6-12-4-3-5-18-12)15(2)20(16,17)13-7-11(8-14)9-19-13/h3-5,7,9-10H,6,8H2,1-2H3. The van der Waals surface area contributed by atoms with Crippen molar-refractivity contribution in [2.75, 3.05) is 7.05 Å². The van der Waals surface area contributed by atoms with Crippen molar-refractivity contribution in [2.24, 2.45) is 0 Å². The summed E-state index contributed by atoms with van der Waals surface area (Å²) in [6.45, 7) is 1.92. The zero-order chi connectivity index (χ0) is 14.8. The molecule has 0 saturated carbocycles. The molecule has 0 saturated heterocycles. The predicted octanol–water partition coefficient (Wildman–Crippen LogP) is 3.80. The van der Waals surface area contributed by atoms with Crippen LogP contribution >= 0.6 is 34.3 Å². The third-order valence-corrected chi connectivity index (χ3v) is 7.76. The van der Waals surface area contributed by atoms with Crippen LogP contribution in [0, 0.1) is 0 Å². The van der Waals surface area contributed by atoms with Crippen LogP contribution in [0.2, 0.25) is 0 Å². The average Bonchev–Trinajstić information content (AvgIpc) is 3.08. The Balaban J connectivity index is 2.15. The average molecular weight is 350 g/mol. The van der Waals surface area contributed by atoms with Gasteiger partial charge < -0.3 is 0 Å². The first-order valence-corrected chi connectivity index (χ1v) is 9.82. The Morgan fingerprint density at radius 3 is 2.70 bits per heavy atom. The summed E-state index contributed by atoms with van der Waals surface area (Å²) < 4.78 is 26.9. The van der Waals surface area contributed by atoms with E-state index in [1.165, 1.54) is 20.5 Å². The Morgan fingerprint density at radius 1 is 1.40 bits per heavy atom. The maximum absolute atomic E-state index is 12.5. The fourth-order valence-corrected chi connectivity index (χ4v) is 5.61. The van der Waals surface area contributed by atoms with Crippen LogP contribution in [0.1, 0.15) is 17.4 Å². The third kappa shape index (κ3) is 3.43. The molecule has 0 bridgehead atoms. The van der Waals surface area contributed by atoms with Gasteiger partial charge in [0.25, 0.3) is 10.0 Å². The van der Waals surface area contributed by atoms with Gasteiger partial charge in [-0.25, -0.2) is 8.42 Å². The SMILES string of the molecule is CC(Cc1cccs1)N(C)S(=O)(=O)c1cc(CCl)cs1. The summed E-state index contributed by atoms with van der Waals surface area (Å²) in [5.74, 6) is 0.334. The van der Waals surface area contributed by atoms with Gasteiger partial charge in [0.15, 0.2) is 0 Å². The second kappa shape index (κ2) is 6.58. The number of hydrogen-bond acceptors (Lipinski definition) is 4. The van der Waals surface area contributed by atoms with E-state index in [0.29, 0.717) is 10.1 Å². The molecule has 0 fully saturated rings. The van der Waals surface area contributed by atoms with E-state index in [1.807, 2.05) is 24.4 Å². The van der Waals surface area contributed by atoms with Gasteiger partial charge in [-0.05, 0) is 41.8 Å². The van der Waals surface area contributed by atoms with Gasteiger partial charge in [-0.1, -0.05) is 6.07 Å². The topological polar surface area (TPSA) is 37.4 Å². The minimum absolute atomic E-state index is 0.0831. The smallest absolute Gasteiger partial charge is 0.206 e. The molecule has 0 aliphatic heterocycles. The fourth-order valence-electron chi connectivity index (χ4n) is 1.79. The zero-order valence-electron chi connectivity index (χ0n) is 11.2. The lowest BCUT2D eigenvalue weighted by atomic mass is 10.2. The van der Waals surface area contributed by atoms with Crippen molar-refractivity contribution in [2.45, 2.75) is 29.5 Å². The Hall–Kier alpha value is -0.400. The predicted molar refractivity (Wildman–Crippen MR) is 86.3 cm³/mol. The van der Waals surface area contributed by atoms with Crippen molar-refractivity contribution in [3.8, 4) is 0 Å². The third-order valence-electron chi connectivity index (χ3n) is 3.11. The van der Waals surface area contributed by atoms with Crippen molar-refractivity contribution in [3.05, 3.63) is 39.4 Å². The number of nitrogens with zero attached hydrogens (tertiary/aromatic N) is 1. The highest BCUT2D eigenvalue weighted by Crippen LogP contribution is 2.26. The monoisotopic (exact) mass is 349 g/mol. The van der Waals surface area contributed by atoms with Gasteiger partial charge in [-0.15, -0.1) is 34.3 Å². The van der Waals surface area contributed by atoms with Gasteiger partial charge >= 0.3 is 0 Å². The molecule has 1 atom stereocenters. The second-order valence-electron chi connectivity index (χ2n) is 4.56. The number of sulfonamides is 1. The minimum atomic E-state index is -3.43. The molecular weight excluding hydrogens is 334 g/mol. The zero-order valence-corrected chi connectivity index (χ0v) is 14.5. The molecule has 20 heavy (non-hydrogen) atoms. The molecule has 2 aromatic heterocycles. The summed E-state index contributed by atoms with van der Waals surface area (Å²) in [6, 6.07) is 5.58. The molecule has 0 spiro atoms. The second-order valence-corrected chi connectivity index (χ2v) is 9.00. The summed E-state index contributed by atoms with van der Waals surface area (Å²) >= 11 is 8.60. The van der Waals surface area contributed by atoms with Gasteiger partial charge in [-0.2, -0.15) is 4.31 Å². The van der Waals surface area contributed by atoms with Crippen LogP contribution in [0.5, 0.6) is 0 Å². The molecule has 0 N–H and O–H groups in total. The van der Waals surface area contributed by atoms with Crippen molar-refractivity contribution < 1.29 is 8.42 Å². The minimum Gasteiger partial charge on any atom is -0.206 e. The first-order valence-electron chi connectivity index (χ1n) is 6.09. The van der Waals surface area contributed by atoms with Crippen LogP contribution in [0.15, 0.2) is 33.2 Å². The van der Waals surface area contributed by atoms with E-state index in [2.05, 4.69) is 0 Å². The van der Waals surface area contributed by atoms with E-state index in [9.17, 15) is 8.42 Å². The summed E-state index contributed by atoms with van der Waals surface area (Å²) in [6.07, 6.45) is 0.723. The summed E-state index contributed by atoms with van der Waals surface area (Å²) in [5, 5.41) is 3.79. The molecule has 110 valence electrons. The highest BCUT2D eigenvalue weighted by Gasteiger charge is 2.27. The first kappa shape index (κ1) is 16.0. The lowest BCUT2D eigenvalue weighted by Gasteiger charge is -2.23. The van der Waals surface area contributed by atoms with Crippen LogP contribution in [0.3, 0.4) is 0 Å². The lowest BCUT2D eigenvalue weighted by Crippen LogP contribution is -2.35. The summed E-state index contributed by atoms with van der Waals surface area (Å²) in [5.41, 5.74) is 0.842. The maximum atomic E-state index is 12.5. The van der Waals surface area contributed by atoms with Gasteiger partial charge in [0.05, 0.1) is 0 Å². The molecule has 0 amide bonds. The number of hydrogen-bond donors (Lipinski definition) is 0.